The lowest BCUT2D eigenvalue weighted by molar-refractivity contribution is 0.579. The van der Waals surface area contributed by atoms with Crippen molar-refractivity contribution in [3.63, 3.8) is 0 Å². The first-order chi connectivity index (χ1) is 9.40. The predicted octanol–water partition coefficient (Wildman–Crippen LogP) is 2.82. The van der Waals surface area contributed by atoms with Crippen LogP contribution >= 0.6 is 39.5 Å². The van der Waals surface area contributed by atoms with E-state index in [0.717, 1.165) is 15.1 Å². The fourth-order valence-electron chi connectivity index (χ4n) is 1.59. The Morgan fingerprint density at radius 1 is 1.25 bits per heavy atom. The van der Waals surface area contributed by atoms with Gasteiger partial charge in [0.2, 0.25) is 0 Å². The number of sulfonamides is 1. The Hall–Kier alpha value is -0.800. The summed E-state index contributed by atoms with van der Waals surface area (Å²) in [4.78, 5) is 0.0791. The number of nitrogens with one attached hydrogen (secondary N) is 1. The quantitative estimate of drug-likeness (QED) is 0.769. The minimum absolute atomic E-state index is 0.0791. The standard InChI is InChI=1S/C12H11BrN2O2S3/c13-9-6-7-10(19-9)20(16,17)15-11(12(14)18)8-4-2-1-3-5-8/h1-7,11,15H,(H2,14,18). The van der Waals surface area contributed by atoms with Crippen molar-refractivity contribution in [3.8, 4) is 0 Å². The van der Waals surface area contributed by atoms with Crippen LogP contribution in [0.2, 0.25) is 0 Å². The van der Waals surface area contributed by atoms with Gasteiger partial charge < -0.3 is 5.73 Å². The molecule has 0 radical (unpaired) electrons. The van der Waals surface area contributed by atoms with Gasteiger partial charge in [-0.2, -0.15) is 4.72 Å². The summed E-state index contributed by atoms with van der Waals surface area (Å²) in [5.74, 6) is 0. The second kappa shape index (κ2) is 6.31. The number of thiophene rings is 1. The Morgan fingerprint density at radius 3 is 2.40 bits per heavy atom. The summed E-state index contributed by atoms with van der Waals surface area (Å²) in [6.45, 7) is 0. The molecule has 0 saturated heterocycles. The zero-order valence-electron chi connectivity index (χ0n) is 10.1. The summed E-state index contributed by atoms with van der Waals surface area (Å²) < 4.78 is 28.1. The van der Waals surface area contributed by atoms with Crippen LogP contribution in [0.5, 0.6) is 0 Å². The Bertz CT molecular complexity index is 713. The summed E-state index contributed by atoms with van der Waals surface area (Å²) in [7, 11) is -3.66. The summed E-state index contributed by atoms with van der Waals surface area (Å²) >= 11 is 9.33. The number of halogens is 1. The number of hydrogen-bond donors (Lipinski definition) is 2. The van der Waals surface area contributed by atoms with E-state index in [1.807, 2.05) is 6.07 Å². The van der Waals surface area contributed by atoms with E-state index in [0.29, 0.717) is 5.56 Å². The average molecular weight is 391 g/mol. The highest BCUT2D eigenvalue weighted by Crippen LogP contribution is 2.27. The summed E-state index contributed by atoms with van der Waals surface area (Å²) in [6.07, 6.45) is 0. The third kappa shape index (κ3) is 3.64. The lowest BCUT2D eigenvalue weighted by Gasteiger charge is -2.17. The molecular weight excluding hydrogens is 380 g/mol. The molecule has 1 aromatic carbocycles. The van der Waals surface area contributed by atoms with Crippen molar-refractivity contribution in [1.29, 1.82) is 0 Å². The molecule has 8 heteroatoms. The van der Waals surface area contributed by atoms with Gasteiger partial charge in [0.15, 0.2) is 0 Å². The second-order valence-electron chi connectivity index (χ2n) is 3.93. The van der Waals surface area contributed by atoms with Crippen molar-refractivity contribution >= 4 is 54.5 Å². The van der Waals surface area contributed by atoms with Crippen LogP contribution in [0.15, 0.2) is 50.5 Å². The summed E-state index contributed by atoms with van der Waals surface area (Å²) in [6, 6.07) is 11.5. The van der Waals surface area contributed by atoms with Gasteiger partial charge in [0, 0.05) is 0 Å². The molecule has 0 amide bonds. The number of nitrogens with two attached hydrogens (primary N) is 1. The fraction of sp³-hybridized carbons (Fsp3) is 0.0833. The van der Waals surface area contributed by atoms with Crippen LogP contribution in [0.4, 0.5) is 0 Å². The van der Waals surface area contributed by atoms with Crippen molar-refractivity contribution < 1.29 is 8.42 Å². The smallest absolute Gasteiger partial charge is 0.251 e. The van der Waals surface area contributed by atoms with E-state index in [-0.39, 0.29) is 9.20 Å². The summed E-state index contributed by atoms with van der Waals surface area (Å²) in [5, 5.41) is 0. The van der Waals surface area contributed by atoms with E-state index in [1.165, 1.54) is 6.07 Å². The molecule has 4 nitrogen and oxygen atoms in total. The molecule has 0 saturated carbocycles. The second-order valence-corrected chi connectivity index (χ2v) is 8.80. The number of benzene rings is 1. The first-order valence-electron chi connectivity index (χ1n) is 5.52. The molecule has 0 spiro atoms. The lowest BCUT2D eigenvalue weighted by Crippen LogP contribution is -2.36. The molecule has 0 aliphatic carbocycles. The van der Waals surface area contributed by atoms with Gasteiger partial charge >= 0.3 is 0 Å². The van der Waals surface area contributed by atoms with Crippen LogP contribution in [0, 0.1) is 0 Å². The predicted molar refractivity (Wildman–Crippen MR) is 88.3 cm³/mol. The Labute approximate surface area is 135 Å². The van der Waals surface area contributed by atoms with Crippen molar-refractivity contribution in [2.75, 3.05) is 0 Å². The van der Waals surface area contributed by atoms with E-state index in [1.54, 1.807) is 30.3 Å². The highest BCUT2D eigenvalue weighted by molar-refractivity contribution is 9.11. The van der Waals surface area contributed by atoms with Crippen LogP contribution in [0.25, 0.3) is 0 Å². The zero-order chi connectivity index (χ0) is 14.8. The first kappa shape index (κ1) is 15.6. The molecule has 1 atom stereocenters. The Kier molecular flexibility index (Phi) is 4.92. The van der Waals surface area contributed by atoms with Crippen LogP contribution in [0.3, 0.4) is 0 Å². The average Bonchev–Trinajstić information content (AvgIpc) is 2.84. The van der Waals surface area contributed by atoms with E-state index in [9.17, 15) is 8.42 Å². The maximum absolute atomic E-state index is 12.3. The number of hydrogen-bond acceptors (Lipinski definition) is 4. The van der Waals surface area contributed by atoms with E-state index in [4.69, 9.17) is 18.0 Å². The molecule has 0 aliphatic rings. The van der Waals surface area contributed by atoms with Gasteiger partial charge in [-0.3, -0.25) is 0 Å². The molecule has 1 aromatic heterocycles. The van der Waals surface area contributed by atoms with Gasteiger partial charge in [-0.1, -0.05) is 42.5 Å². The third-order valence-electron chi connectivity index (χ3n) is 2.50. The molecule has 2 rings (SSSR count). The Balaban J connectivity index is 2.32. The summed E-state index contributed by atoms with van der Waals surface area (Å²) in [5.41, 5.74) is 6.37. The molecule has 20 heavy (non-hydrogen) atoms. The van der Waals surface area contributed by atoms with Crippen LogP contribution in [-0.4, -0.2) is 13.4 Å². The molecule has 1 heterocycles. The van der Waals surface area contributed by atoms with Gasteiger partial charge in [0.25, 0.3) is 10.0 Å². The van der Waals surface area contributed by atoms with Crippen molar-refractivity contribution in [3.05, 3.63) is 51.8 Å². The molecule has 1 unspecified atom stereocenters. The molecule has 2 aromatic rings. The van der Waals surface area contributed by atoms with Gasteiger partial charge in [-0.05, 0) is 33.6 Å². The fourth-order valence-corrected chi connectivity index (χ4v) is 5.09. The largest absolute Gasteiger partial charge is 0.392 e. The lowest BCUT2D eigenvalue weighted by atomic mass is 10.1. The van der Waals surface area contributed by atoms with Gasteiger partial charge in [-0.25, -0.2) is 8.42 Å². The van der Waals surface area contributed by atoms with Gasteiger partial charge in [-0.15, -0.1) is 11.3 Å². The molecule has 0 bridgehead atoms. The highest BCUT2D eigenvalue weighted by Gasteiger charge is 2.24. The topological polar surface area (TPSA) is 72.2 Å². The molecule has 0 aliphatic heterocycles. The van der Waals surface area contributed by atoms with Crippen LogP contribution < -0.4 is 10.5 Å². The number of thiocarbonyl (C=S) groups is 1. The van der Waals surface area contributed by atoms with E-state index in [2.05, 4.69) is 20.7 Å². The maximum Gasteiger partial charge on any atom is 0.251 e. The SMILES string of the molecule is NC(=S)C(NS(=O)(=O)c1ccc(Br)s1)c1ccccc1. The van der Waals surface area contributed by atoms with Crippen molar-refractivity contribution in [1.82, 2.24) is 4.72 Å². The third-order valence-corrected chi connectivity index (χ3v) is 6.28. The van der Waals surface area contributed by atoms with Crippen LogP contribution in [-0.2, 0) is 10.0 Å². The maximum atomic E-state index is 12.3. The number of rotatable bonds is 5. The normalized spacial score (nSPS) is 13.1. The monoisotopic (exact) mass is 390 g/mol. The minimum Gasteiger partial charge on any atom is -0.392 e. The van der Waals surface area contributed by atoms with Gasteiger partial charge in [0.1, 0.15) is 4.21 Å². The van der Waals surface area contributed by atoms with Gasteiger partial charge in [0.05, 0.1) is 14.8 Å². The van der Waals surface area contributed by atoms with E-state index >= 15 is 0 Å². The molecular formula is C12H11BrN2O2S3. The van der Waals surface area contributed by atoms with E-state index < -0.39 is 16.1 Å². The molecule has 3 N–H and O–H groups in total. The molecule has 106 valence electrons. The van der Waals surface area contributed by atoms with Crippen molar-refractivity contribution in [2.24, 2.45) is 5.73 Å². The highest BCUT2D eigenvalue weighted by atomic mass is 79.9. The Morgan fingerprint density at radius 2 is 1.90 bits per heavy atom. The van der Waals surface area contributed by atoms with Crippen molar-refractivity contribution in [2.45, 2.75) is 10.3 Å². The minimum atomic E-state index is -3.66. The first-order valence-corrected chi connectivity index (χ1v) is 9.02. The molecule has 0 fully saturated rings. The van der Waals surface area contributed by atoms with Crippen LogP contribution in [0.1, 0.15) is 11.6 Å². The zero-order valence-corrected chi connectivity index (χ0v) is 14.2.